The van der Waals surface area contributed by atoms with E-state index in [1.54, 1.807) is 43.5 Å². The van der Waals surface area contributed by atoms with E-state index in [1.807, 2.05) is 18.2 Å². The van der Waals surface area contributed by atoms with Crippen LogP contribution in [0.1, 0.15) is 25.3 Å². The van der Waals surface area contributed by atoms with Gasteiger partial charge in [-0.2, -0.15) is 0 Å². The van der Waals surface area contributed by atoms with Crippen LogP contribution in [0, 0.1) is 5.82 Å². The number of amides is 3. The van der Waals surface area contributed by atoms with Crippen molar-refractivity contribution in [1.82, 2.24) is 20.2 Å². The zero-order valence-corrected chi connectivity index (χ0v) is 25.5. The molecule has 3 aromatic heterocycles. The summed E-state index contributed by atoms with van der Waals surface area (Å²) >= 11 is 1.42. The first-order valence-corrected chi connectivity index (χ1v) is 15.0. The van der Waals surface area contributed by atoms with Crippen LogP contribution in [-0.2, 0) is 20.8 Å². The number of carbonyl (C=O) groups is 2. The lowest BCUT2D eigenvalue weighted by atomic mass is 10.1. The zero-order chi connectivity index (χ0) is 31.2. The van der Waals surface area contributed by atoms with Crippen LogP contribution in [-0.4, -0.2) is 72.4 Å². The summed E-state index contributed by atoms with van der Waals surface area (Å²) in [6.07, 6.45) is 4.81. The molecule has 1 unspecified atom stereocenters. The Kier molecular flexibility index (Phi) is 10.0. The van der Waals surface area contributed by atoms with Crippen molar-refractivity contribution in [2.75, 3.05) is 32.7 Å². The number of ether oxygens (including phenoxy) is 3. The van der Waals surface area contributed by atoms with E-state index in [1.165, 1.54) is 30.6 Å². The first-order chi connectivity index (χ1) is 21.2. The first kappa shape index (κ1) is 31.3. The van der Waals surface area contributed by atoms with Gasteiger partial charge in [0.1, 0.15) is 11.8 Å². The molecule has 1 aliphatic rings. The Morgan fingerprint density at radius 1 is 1.14 bits per heavy atom. The van der Waals surface area contributed by atoms with Crippen LogP contribution in [0.2, 0.25) is 0 Å². The van der Waals surface area contributed by atoms with E-state index in [2.05, 4.69) is 20.6 Å². The van der Waals surface area contributed by atoms with E-state index in [0.29, 0.717) is 42.3 Å². The zero-order valence-electron chi connectivity index (χ0n) is 24.7. The summed E-state index contributed by atoms with van der Waals surface area (Å²) < 4.78 is 32.0. The molecule has 2 atom stereocenters. The van der Waals surface area contributed by atoms with Gasteiger partial charge in [-0.1, -0.05) is 6.07 Å². The molecule has 1 aliphatic carbocycles. The summed E-state index contributed by atoms with van der Waals surface area (Å²) in [5, 5.41) is 5.44. The van der Waals surface area contributed by atoms with Gasteiger partial charge in [-0.05, 0) is 49.6 Å². The molecule has 0 bridgehead atoms. The van der Waals surface area contributed by atoms with Crippen molar-refractivity contribution in [2.24, 2.45) is 5.73 Å². The molecule has 4 aromatic rings. The summed E-state index contributed by atoms with van der Waals surface area (Å²) in [4.78, 5) is 36.6. The predicted octanol–water partition coefficient (Wildman–Crippen LogP) is 4.91. The molecule has 13 heteroatoms. The Labute approximate surface area is 258 Å². The maximum Gasteiger partial charge on any atom is 0.319 e. The minimum absolute atomic E-state index is 0.0234. The predicted molar refractivity (Wildman–Crippen MR) is 166 cm³/mol. The minimum Gasteiger partial charge on any atom is -0.453 e. The lowest BCUT2D eigenvalue weighted by Crippen LogP contribution is -2.50. The number of carbonyl (C=O) groups excluding carboxylic acids is 2. The molecule has 1 aromatic carbocycles. The molecule has 11 nitrogen and oxygen atoms in total. The number of pyridine rings is 2. The van der Waals surface area contributed by atoms with E-state index < -0.39 is 18.0 Å². The highest BCUT2D eigenvalue weighted by Gasteiger charge is 2.26. The van der Waals surface area contributed by atoms with Crippen molar-refractivity contribution in [3.8, 4) is 22.1 Å². The quantitative estimate of drug-likeness (QED) is 0.191. The average molecular weight is 623 g/mol. The molecular weight excluding hydrogens is 587 g/mol. The summed E-state index contributed by atoms with van der Waals surface area (Å²) in [7, 11) is 3.10. The Hall–Kier alpha value is -4.17. The van der Waals surface area contributed by atoms with Gasteiger partial charge in [-0.15, -0.1) is 11.3 Å². The largest absolute Gasteiger partial charge is 0.453 e. The monoisotopic (exact) mass is 622 g/mol. The summed E-state index contributed by atoms with van der Waals surface area (Å²) in [6, 6.07) is 10.7. The third kappa shape index (κ3) is 7.66. The van der Waals surface area contributed by atoms with Crippen LogP contribution in [0.4, 0.5) is 14.9 Å². The number of nitrogens with zero attached hydrogens (tertiary/aromatic N) is 3. The maximum absolute atomic E-state index is 14.9. The standard InChI is InChI=1S/C31H35FN6O5S/c1-18(42-3)28(33)30(39)38(12-13-41-2)17-19-4-8-23(35-16-19)27-15-24-29(44-27)26(10-11-34-24)43-25-9-7-21(14-22(25)32)37-31(40)36-20-5-6-20/h4,7-11,14-16,18,20,28H,5-6,12-13,17,33H2,1-3H3,(H2,36,37,40)/t18?,28-/m1/s1. The number of urea groups is 1. The molecular formula is C31H35FN6O5S. The summed E-state index contributed by atoms with van der Waals surface area (Å²) in [6.45, 7) is 2.82. The molecule has 0 aliphatic heterocycles. The van der Waals surface area contributed by atoms with Crippen molar-refractivity contribution in [2.45, 2.75) is 44.5 Å². The second-order valence-corrected chi connectivity index (χ2v) is 11.6. The van der Waals surface area contributed by atoms with E-state index >= 15 is 0 Å². The second kappa shape index (κ2) is 14.1. The van der Waals surface area contributed by atoms with E-state index in [9.17, 15) is 14.0 Å². The Balaban J connectivity index is 1.29. The van der Waals surface area contributed by atoms with E-state index in [4.69, 9.17) is 19.9 Å². The van der Waals surface area contributed by atoms with Gasteiger partial charge in [0.2, 0.25) is 5.91 Å². The second-order valence-electron chi connectivity index (χ2n) is 10.5. The molecule has 0 spiro atoms. The fourth-order valence-corrected chi connectivity index (χ4v) is 5.43. The lowest BCUT2D eigenvalue weighted by Gasteiger charge is -2.27. The van der Waals surface area contributed by atoms with Crippen LogP contribution < -0.4 is 21.1 Å². The topological polar surface area (TPSA) is 141 Å². The third-order valence-electron chi connectivity index (χ3n) is 7.19. The van der Waals surface area contributed by atoms with Crippen molar-refractivity contribution >= 4 is 39.2 Å². The number of aromatic nitrogens is 2. The highest BCUT2D eigenvalue weighted by atomic mass is 32.1. The van der Waals surface area contributed by atoms with Crippen LogP contribution in [0.5, 0.6) is 11.5 Å². The average Bonchev–Trinajstić information content (AvgIpc) is 3.73. The molecule has 44 heavy (non-hydrogen) atoms. The minimum atomic E-state index is -0.798. The smallest absolute Gasteiger partial charge is 0.319 e. The number of anilines is 1. The molecule has 0 radical (unpaired) electrons. The van der Waals surface area contributed by atoms with Crippen LogP contribution in [0.15, 0.2) is 54.9 Å². The molecule has 3 heterocycles. The summed E-state index contributed by atoms with van der Waals surface area (Å²) in [5.41, 5.74) is 8.68. The van der Waals surface area contributed by atoms with Gasteiger partial charge in [0.25, 0.3) is 0 Å². The molecule has 0 saturated heterocycles. The maximum atomic E-state index is 14.9. The van der Waals surface area contributed by atoms with Crippen molar-refractivity contribution in [3.05, 3.63) is 66.2 Å². The summed E-state index contributed by atoms with van der Waals surface area (Å²) in [5.74, 6) is -0.368. The highest BCUT2D eigenvalue weighted by Crippen LogP contribution is 2.39. The van der Waals surface area contributed by atoms with Crippen molar-refractivity contribution in [3.63, 3.8) is 0 Å². The number of benzene rings is 1. The normalized spacial score (nSPS) is 14.2. The number of nitrogens with one attached hydrogen (secondary N) is 2. The lowest BCUT2D eigenvalue weighted by molar-refractivity contribution is -0.136. The Bertz CT molecular complexity index is 1610. The number of rotatable bonds is 13. The number of nitrogens with two attached hydrogens (primary N) is 1. The molecule has 232 valence electrons. The number of halogens is 1. The van der Waals surface area contributed by atoms with Crippen LogP contribution >= 0.6 is 11.3 Å². The fraction of sp³-hybridized carbons (Fsp3) is 0.355. The number of fused-ring (bicyclic) bond motifs is 1. The van der Waals surface area contributed by atoms with Gasteiger partial charge < -0.3 is 35.5 Å². The molecule has 4 N–H and O–H groups in total. The number of thiophene rings is 1. The first-order valence-electron chi connectivity index (χ1n) is 14.2. The molecule has 3 amide bonds. The van der Waals surface area contributed by atoms with Gasteiger partial charge in [0, 0.05) is 63.6 Å². The van der Waals surface area contributed by atoms with Gasteiger partial charge in [0.15, 0.2) is 11.6 Å². The van der Waals surface area contributed by atoms with E-state index in [0.717, 1.165) is 28.0 Å². The van der Waals surface area contributed by atoms with Crippen LogP contribution in [0.25, 0.3) is 20.8 Å². The number of hydrogen-bond acceptors (Lipinski definition) is 9. The van der Waals surface area contributed by atoms with Crippen LogP contribution in [0.3, 0.4) is 0 Å². The Morgan fingerprint density at radius 2 is 1.95 bits per heavy atom. The Morgan fingerprint density at radius 3 is 2.64 bits per heavy atom. The number of methoxy groups -OCH3 is 2. The van der Waals surface area contributed by atoms with Gasteiger partial charge >= 0.3 is 6.03 Å². The van der Waals surface area contributed by atoms with Crippen molar-refractivity contribution < 1.29 is 28.2 Å². The fourth-order valence-electron chi connectivity index (χ4n) is 4.39. The molecule has 1 fully saturated rings. The third-order valence-corrected chi connectivity index (χ3v) is 8.35. The van der Waals surface area contributed by atoms with E-state index in [-0.39, 0.29) is 23.7 Å². The molecule has 5 rings (SSSR count). The SMILES string of the molecule is COCCN(Cc1ccc(-c2cc3nccc(Oc4ccc(NC(=O)NC5CC5)cc4F)c3s2)nc1)C(=O)[C@H](N)C(C)OC. The van der Waals surface area contributed by atoms with Gasteiger partial charge in [-0.25, -0.2) is 9.18 Å². The van der Waals surface area contributed by atoms with Crippen molar-refractivity contribution in [1.29, 1.82) is 0 Å². The highest BCUT2D eigenvalue weighted by molar-refractivity contribution is 7.22. The van der Waals surface area contributed by atoms with Gasteiger partial charge in [-0.3, -0.25) is 14.8 Å². The number of hydrogen-bond donors (Lipinski definition) is 3. The van der Waals surface area contributed by atoms with Gasteiger partial charge in [0.05, 0.1) is 33.5 Å². The molecule has 1 saturated carbocycles.